The van der Waals surface area contributed by atoms with E-state index in [1.54, 1.807) is 19.2 Å². The van der Waals surface area contributed by atoms with Crippen LogP contribution >= 0.6 is 0 Å². The number of nitrogens with zero attached hydrogens (tertiary/aromatic N) is 3. The van der Waals surface area contributed by atoms with Crippen LogP contribution in [0.15, 0.2) is 24.3 Å². The highest BCUT2D eigenvalue weighted by Gasteiger charge is 2.33. The second-order valence-electron chi connectivity index (χ2n) is 11.7. The van der Waals surface area contributed by atoms with E-state index in [0.717, 1.165) is 44.1 Å². The van der Waals surface area contributed by atoms with Gasteiger partial charge in [0.1, 0.15) is 17.3 Å². The van der Waals surface area contributed by atoms with Gasteiger partial charge in [0.25, 0.3) is 5.91 Å². The van der Waals surface area contributed by atoms with E-state index in [-0.39, 0.29) is 42.0 Å². The molecule has 248 valence electrons. The van der Waals surface area contributed by atoms with Gasteiger partial charge in [-0.1, -0.05) is 12.1 Å². The number of rotatable bonds is 10. The molecule has 0 spiro atoms. The second-order valence-corrected chi connectivity index (χ2v) is 11.7. The topological polar surface area (TPSA) is 116 Å². The first kappa shape index (κ1) is 33.2. The number of carbonyl (C=O) groups is 1. The lowest BCUT2D eigenvalue weighted by Gasteiger charge is -2.38. The highest BCUT2D eigenvalue weighted by molar-refractivity contribution is 5.95. The van der Waals surface area contributed by atoms with Crippen LogP contribution in [0.1, 0.15) is 66.2 Å². The van der Waals surface area contributed by atoms with Crippen LogP contribution in [0.3, 0.4) is 0 Å². The largest absolute Gasteiger partial charge is 0.573 e. The Kier molecular flexibility index (Phi) is 11.0. The first-order chi connectivity index (χ1) is 21.6. The monoisotopic (exact) mass is 637 g/mol. The predicted molar refractivity (Wildman–Crippen MR) is 158 cm³/mol. The van der Waals surface area contributed by atoms with Crippen LogP contribution in [0.4, 0.5) is 19.0 Å². The third-order valence-corrected chi connectivity index (χ3v) is 8.68. The molecule has 3 saturated heterocycles. The van der Waals surface area contributed by atoms with Crippen molar-refractivity contribution in [3.63, 3.8) is 0 Å². The summed E-state index contributed by atoms with van der Waals surface area (Å²) in [6.07, 6.45) is -0.154. The fraction of sp³-hybridized carbons (Fsp3) is 0.645. The number of ether oxygens (including phenoxy) is 5. The van der Waals surface area contributed by atoms with Gasteiger partial charge in [-0.25, -0.2) is 0 Å². The van der Waals surface area contributed by atoms with Crippen LogP contribution in [0, 0.1) is 6.92 Å². The molecule has 3 fully saturated rings. The van der Waals surface area contributed by atoms with Gasteiger partial charge >= 0.3 is 12.4 Å². The molecule has 0 bridgehead atoms. The summed E-state index contributed by atoms with van der Waals surface area (Å²) in [5.74, 6) is 0.0590. The lowest BCUT2D eigenvalue weighted by Crippen LogP contribution is -2.54. The van der Waals surface area contributed by atoms with E-state index in [9.17, 15) is 18.0 Å². The number of halogens is 3. The first-order valence-electron chi connectivity index (χ1n) is 15.5. The van der Waals surface area contributed by atoms with Crippen molar-refractivity contribution < 1.29 is 41.7 Å². The summed E-state index contributed by atoms with van der Waals surface area (Å²) in [4.78, 5) is 24.3. The maximum absolute atomic E-state index is 13.6. The summed E-state index contributed by atoms with van der Waals surface area (Å²) >= 11 is 0. The number of likely N-dealkylation sites (tertiary alicyclic amines) is 1. The molecule has 14 heteroatoms. The Morgan fingerprint density at radius 1 is 1.07 bits per heavy atom. The van der Waals surface area contributed by atoms with Gasteiger partial charge in [-0.3, -0.25) is 4.79 Å². The number of benzene rings is 1. The van der Waals surface area contributed by atoms with Crippen LogP contribution in [-0.2, 0) is 14.2 Å². The zero-order chi connectivity index (χ0) is 32.0. The Morgan fingerprint density at radius 2 is 1.82 bits per heavy atom. The van der Waals surface area contributed by atoms with Crippen LogP contribution in [0.2, 0.25) is 0 Å². The summed E-state index contributed by atoms with van der Waals surface area (Å²) in [6.45, 7) is 4.74. The zero-order valence-electron chi connectivity index (χ0n) is 25.9. The Labute approximate surface area is 261 Å². The van der Waals surface area contributed by atoms with Crippen LogP contribution in [-0.4, -0.2) is 98.5 Å². The lowest BCUT2D eigenvalue weighted by atomic mass is 9.98. The van der Waals surface area contributed by atoms with E-state index in [2.05, 4.69) is 25.3 Å². The average molecular weight is 638 g/mol. The van der Waals surface area contributed by atoms with Crippen molar-refractivity contribution in [1.29, 1.82) is 0 Å². The van der Waals surface area contributed by atoms with Gasteiger partial charge in [0.15, 0.2) is 0 Å². The van der Waals surface area contributed by atoms with E-state index in [1.807, 2.05) is 11.8 Å². The van der Waals surface area contributed by atoms with Crippen LogP contribution < -0.4 is 20.1 Å². The van der Waals surface area contributed by atoms with Gasteiger partial charge in [-0.05, 0) is 63.1 Å². The third kappa shape index (κ3) is 8.75. The number of carbonyl (C=O) groups excluding carboxylic acids is 1. The van der Waals surface area contributed by atoms with Crippen molar-refractivity contribution in [2.24, 2.45) is 0 Å². The molecule has 4 atom stereocenters. The molecule has 1 aromatic carbocycles. The highest BCUT2D eigenvalue weighted by atomic mass is 19.4. The minimum absolute atomic E-state index is 0.0265. The smallest absolute Gasteiger partial charge is 0.467 e. The van der Waals surface area contributed by atoms with Crippen molar-refractivity contribution >= 4 is 11.7 Å². The van der Waals surface area contributed by atoms with Gasteiger partial charge < -0.3 is 39.2 Å². The fourth-order valence-corrected chi connectivity index (χ4v) is 6.19. The zero-order valence-corrected chi connectivity index (χ0v) is 25.9. The first-order valence-corrected chi connectivity index (χ1v) is 15.5. The lowest BCUT2D eigenvalue weighted by molar-refractivity contribution is -0.274. The number of alkyl halides is 3. The molecule has 1 aromatic heterocycles. The molecule has 4 heterocycles. The average Bonchev–Trinajstić information content (AvgIpc) is 3.04. The Morgan fingerprint density at radius 3 is 2.51 bits per heavy atom. The molecule has 5 rings (SSSR count). The number of amides is 1. The SMILES string of the molecule is COc1nc(NCC2CCCC(c3ccc(OC(F)(F)F)cc3)O2)c(C)c(C(=O)N2CCC(NC3CCOCC3OC)CC2)n1. The normalized spacial score (nSPS) is 24.7. The van der Waals surface area contributed by atoms with Gasteiger partial charge in [0.2, 0.25) is 0 Å². The molecular weight excluding hydrogens is 595 g/mol. The van der Waals surface area contributed by atoms with E-state index >= 15 is 0 Å². The number of hydrogen-bond acceptors (Lipinski definition) is 10. The molecule has 0 radical (unpaired) electrons. The van der Waals surface area contributed by atoms with Gasteiger partial charge in [-0.2, -0.15) is 9.97 Å². The van der Waals surface area contributed by atoms with Crippen molar-refractivity contribution in [2.45, 2.75) is 82.2 Å². The molecule has 3 aliphatic rings. The van der Waals surface area contributed by atoms with Crippen LogP contribution in [0.25, 0.3) is 0 Å². The van der Waals surface area contributed by atoms with Gasteiger partial charge in [-0.15, -0.1) is 13.2 Å². The number of anilines is 1. The molecular formula is C31H42F3N5O6. The summed E-state index contributed by atoms with van der Waals surface area (Å²) < 4.78 is 64.3. The molecule has 1 amide bonds. The molecule has 11 nitrogen and oxygen atoms in total. The van der Waals surface area contributed by atoms with Crippen molar-refractivity contribution in [1.82, 2.24) is 20.2 Å². The number of methoxy groups -OCH3 is 2. The molecule has 3 aliphatic heterocycles. The highest BCUT2D eigenvalue weighted by Crippen LogP contribution is 2.33. The molecule has 2 N–H and O–H groups in total. The summed E-state index contributed by atoms with van der Waals surface area (Å²) in [5, 5.41) is 7.03. The summed E-state index contributed by atoms with van der Waals surface area (Å²) in [7, 11) is 3.17. The summed E-state index contributed by atoms with van der Waals surface area (Å²) in [6, 6.07) is 6.41. The Bertz CT molecular complexity index is 1280. The molecule has 45 heavy (non-hydrogen) atoms. The second kappa shape index (κ2) is 14.9. The van der Waals surface area contributed by atoms with Gasteiger partial charge in [0.05, 0.1) is 32.0 Å². The van der Waals surface area contributed by atoms with Crippen molar-refractivity contribution in [3.8, 4) is 11.8 Å². The summed E-state index contributed by atoms with van der Waals surface area (Å²) in [5.41, 5.74) is 1.70. The number of aromatic nitrogens is 2. The predicted octanol–water partition coefficient (Wildman–Crippen LogP) is 4.41. The van der Waals surface area contributed by atoms with E-state index in [0.29, 0.717) is 56.0 Å². The van der Waals surface area contributed by atoms with Crippen molar-refractivity contribution in [3.05, 3.63) is 41.1 Å². The Balaban J connectivity index is 1.17. The van der Waals surface area contributed by atoms with Gasteiger partial charge in [0, 0.05) is 51.0 Å². The number of hydrogen-bond donors (Lipinski definition) is 2. The standard InChI is InChI=1S/C31H42F3N5O6/c1-19-27(29(40)39-14-11-21(12-15-39)36-24-13-16-43-18-26(24)41-2)37-30(42-3)38-28(19)35-17-23-5-4-6-25(44-23)20-7-9-22(10-8-20)45-31(32,33)34/h7-10,21,23-26,36H,4-6,11-18H2,1-3H3,(H,35,37,38). The maximum atomic E-state index is 13.6. The minimum atomic E-state index is -4.74. The van der Waals surface area contributed by atoms with Crippen LogP contribution in [0.5, 0.6) is 11.8 Å². The third-order valence-electron chi connectivity index (χ3n) is 8.68. The van der Waals surface area contributed by atoms with E-state index < -0.39 is 6.36 Å². The maximum Gasteiger partial charge on any atom is 0.573 e. The quantitative estimate of drug-likeness (QED) is 0.388. The van der Waals surface area contributed by atoms with E-state index in [1.165, 1.54) is 19.2 Å². The fourth-order valence-electron chi connectivity index (χ4n) is 6.19. The van der Waals surface area contributed by atoms with Crippen molar-refractivity contribution in [2.75, 3.05) is 52.4 Å². The molecule has 0 saturated carbocycles. The van der Waals surface area contributed by atoms with E-state index in [4.69, 9.17) is 18.9 Å². The molecule has 0 aliphatic carbocycles. The Hall–Kier alpha value is -3.20. The number of nitrogens with one attached hydrogen (secondary N) is 2. The minimum Gasteiger partial charge on any atom is -0.467 e. The molecule has 4 unspecified atom stereocenters. The number of piperidine rings is 1. The molecule has 2 aromatic rings.